The van der Waals surface area contributed by atoms with Crippen molar-refractivity contribution in [3.8, 4) is 23.8 Å². The monoisotopic (exact) mass is 300 g/mol. The van der Waals surface area contributed by atoms with Crippen molar-refractivity contribution < 1.29 is 28.0 Å². The van der Waals surface area contributed by atoms with E-state index in [9.17, 15) is 23.7 Å². The van der Waals surface area contributed by atoms with E-state index in [0.717, 1.165) is 13.2 Å². The van der Waals surface area contributed by atoms with Crippen LogP contribution in [0.3, 0.4) is 0 Å². The average molecular weight is 300 g/mol. The molecule has 0 saturated heterocycles. The highest BCUT2D eigenvalue weighted by Gasteiger charge is 2.25. The second kappa shape index (κ2) is 7.04. The van der Waals surface area contributed by atoms with Gasteiger partial charge < -0.3 is 14.8 Å². The number of nitrogens with zero attached hydrogens (tertiary/aromatic N) is 1. The Morgan fingerprint density at radius 2 is 2.19 bits per heavy atom. The molecule has 0 aliphatic heterocycles. The summed E-state index contributed by atoms with van der Waals surface area (Å²) in [5.41, 5.74) is -1.09. The minimum atomic E-state index is -3.19. The Bertz CT molecular complexity index is 598. The van der Waals surface area contributed by atoms with E-state index in [0.29, 0.717) is 6.07 Å². The molecule has 21 heavy (non-hydrogen) atoms. The van der Waals surface area contributed by atoms with E-state index in [1.54, 1.807) is 0 Å². The summed E-state index contributed by atoms with van der Waals surface area (Å²) >= 11 is 0. The largest absolute Gasteiger partial charge is 0.493 e. The number of carbonyl (C=O) groups excluding carboxylic acids is 1. The molecule has 0 spiro atoms. The number of carbonyl (C=O) groups is 1. The van der Waals surface area contributed by atoms with Gasteiger partial charge >= 0.3 is 6.61 Å². The molecule has 1 rings (SSSR count). The highest BCUT2D eigenvalue weighted by molar-refractivity contribution is 5.99. The third-order valence-electron chi connectivity index (χ3n) is 2.29. The van der Waals surface area contributed by atoms with Crippen LogP contribution in [0.4, 0.5) is 14.5 Å². The van der Waals surface area contributed by atoms with Gasteiger partial charge in [-0.1, -0.05) is 5.92 Å². The summed E-state index contributed by atoms with van der Waals surface area (Å²) in [5, 5.41) is 13.2. The van der Waals surface area contributed by atoms with E-state index in [1.807, 2.05) is 0 Å². The van der Waals surface area contributed by atoms with Gasteiger partial charge in [0.2, 0.25) is 0 Å². The zero-order valence-electron chi connectivity index (χ0n) is 10.8. The van der Waals surface area contributed by atoms with Crippen LogP contribution in [0.25, 0.3) is 0 Å². The minimum absolute atomic E-state index is 0.145. The first-order valence-corrected chi connectivity index (χ1v) is 5.43. The van der Waals surface area contributed by atoms with Gasteiger partial charge in [-0.3, -0.25) is 14.9 Å². The Morgan fingerprint density at radius 1 is 1.52 bits per heavy atom. The molecule has 9 heteroatoms. The Labute approximate surface area is 118 Å². The van der Waals surface area contributed by atoms with Crippen LogP contribution in [0.1, 0.15) is 10.4 Å². The number of ether oxygens (including phenoxy) is 2. The van der Waals surface area contributed by atoms with Crippen LogP contribution < -0.4 is 14.8 Å². The first-order valence-electron chi connectivity index (χ1n) is 5.43. The molecule has 1 aromatic carbocycles. The number of methoxy groups -OCH3 is 1. The van der Waals surface area contributed by atoms with E-state index in [1.165, 1.54) is 0 Å². The van der Waals surface area contributed by atoms with Crippen molar-refractivity contribution in [1.29, 1.82) is 0 Å². The zero-order valence-corrected chi connectivity index (χ0v) is 10.8. The summed E-state index contributed by atoms with van der Waals surface area (Å²) in [7, 11) is 1.14. The van der Waals surface area contributed by atoms with Gasteiger partial charge in [0.15, 0.2) is 11.5 Å². The van der Waals surface area contributed by atoms with Crippen LogP contribution in [0.15, 0.2) is 12.1 Å². The lowest BCUT2D eigenvalue weighted by atomic mass is 10.1. The summed E-state index contributed by atoms with van der Waals surface area (Å²) in [6, 6.07) is 1.62. The molecule has 1 aromatic rings. The van der Waals surface area contributed by atoms with E-state index >= 15 is 0 Å². The highest BCUT2D eigenvalue weighted by Crippen LogP contribution is 2.35. The number of nitro benzene ring substituents is 1. The van der Waals surface area contributed by atoms with E-state index in [-0.39, 0.29) is 17.9 Å². The van der Waals surface area contributed by atoms with Crippen LogP contribution in [0.2, 0.25) is 0 Å². The zero-order chi connectivity index (χ0) is 16.0. The number of hydrogen-bond donors (Lipinski definition) is 1. The molecule has 0 fully saturated rings. The Morgan fingerprint density at radius 3 is 2.67 bits per heavy atom. The van der Waals surface area contributed by atoms with Crippen molar-refractivity contribution in [2.24, 2.45) is 0 Å². The molecule has 0 saturated carbocycles. The van der Waals surface area contributed by atoms with Gasteiger partial charge in [0, 0.05) is 6.07 Å². The Hall–Kier alpha value is -2.89. The predicted octanol–water partition coefficient (Wildman–Crippen LogP) is 1.57. The molecule has 0 radical (unpaired) electrons. The van der Waals surface area contributed by atoms with Gasteiger partial charge in [-0.25, -0.2) is 0 Å². The number of hydrogen-bond acceptors (Lipinski definition) is 5. The number of alkyl halides is 2. The maximum Gasteiger partial charge on any atom is 0.387 e. The fraction of sp³-hybridized carbons (Fsp3) is 0.250. The van der Waals surface area contributed by atoms with Crippen molar-refractivity contribution in [1.82, 2.24) is 5.32 Å². The van der Waals surface area contributed by atoms with Gasteiger partial charge in [0.1, 0.15) is 5.56 Å². The molecule has 0 unspecified atom stereocenters. The standard InChI is InChI=1S/C12H10F2N2O5/c1-3-4-15-11(17)7-5-9(20-2)10(21-12(13)14)6-8(7)16(18)19/h1,5-6,12H,4H2,2H3,(H,15,17). The molecular weight excluding hydrogens is 290 g/mol. The summed E-state index contributed by atoms with van der Waals surface area (Å²) in [6.07, 6.45) is 4.96. The van der Waals surface area contributed by atoms with Gasteiger partial charge in [0.25, 0.3) is 11.6 Å². The van der Waals surface area contributed by atoms with E-state index in [4.69, 9.17) is 11.2 Å². The molecule has 112 valence electrons. The van der Waals surface area contributed by atoms with Crippen LogP contribution in [-0.2, 0) is 0 Å². The highest BCUT2D eigenvalue weighted by atomic mass is 19.3. The van der Waals surface area contributed by atoms with Crippen molar-refractivity contribution in [2.75, 3.05) is 13.7 Å². The van der Waals surface area contributed by atoms with Crippen LogP contribution in [0, 0.1) is 22.5 Å². The maximum absolute atomic E-state index is 12.2. The molecule has 0 aromatic heterocycles. The number of nitro groups is 1. The first-order chi connectivity index (χ1) is 9.90. The summed E-state index contributed by atoms with van der Waals surface area (Å²) in [6.45, 7) is -3.34. The maximum atomic E-state index is 12.2. The molecule has 0 heterocycles. The fourth-order valence-corrected chi connectivity index (χ4v) is 1.46. The average Bonchev–Trinajstić information content (AvgIpc) is 2.43. The molecule has 0 aliphatic rings. The van der Waals surface area contributed by atoms with Gasteiger partial charge in [-0.2, -0.15) is 8.78 Å². The number of terminal acetylenes is 1. The molecule has 7 nitrogen and oxygen atoms in total. The van der Waals surface area contributed by atoms with E-state index in [2.05, 4.69) is 16.0 Å². The topological polar surface area (TPSA) is 90.7 Å². The predicted molar refractivity (Wildman–Crippen MR) is 67.4 cm³/mol. The Balaban J connectivity index is 3.33. The second-order valence-corrected chi connectivity index (χ2v) is 3.54. The van der Waals surface area contributed by atoms with Crippen LogP contribution >= 0.6 is 0 Å². The SMILES string of the molecule is C#CCNC(=O)c1cc(OC)c(OC(F)F)cc1[N+](=O)[O-]. The summed E-state index contributed by atoms with van der Waals surface area (Å²) in [4.78, 5) is 21.8. The summed E-state index contributed by atoms with van der Waals surface area (Å²) < 4.78 is 33.4. The van der Waals surface area contributed by atoms with E-state index < -0.39 is 28.9 Å². The molecule has 0 bridgehead atoms. The normalized spacial score (nSPS) is 9.86. The molecule has 1 amide bonds. The van der Waals surface area contributed by atoms with Crippen LogP contribution in [0.5, 0.6) is 11.5 Å². The van der Waals surface area contributed by atoms with Crippen molar-refractivity contribution >= 4 is 11.6 Å². The van der Waals surface area contributed by atoms with Gasteiger partial charge in [-0.15, -0.1) is 6.42 Å². The molecular formula is C12H10F2N2O5. The number of rotatable bonds is 6. The number of halogens is 2. The van der Waals surface area contributed by atoms with Crippen molar-refractivity contribution in [3.63, 3.8) is 0 Å². The number of benzene rings is 1. The third-order valence-corrected chi connectivity index (χ3v) is 2.29. The second-order valence-electron chi connectivity index (χ2n) is 3.54. The van der Waals surface area contributed by atoms with Crippen molar-refractivity contribution in [2.45, 2.75) is 6.61 Å². The minimum Gasteiger partial charge on any atom is -0.493 e. The molecule has 0 aliphatic carbocycles. The number of amides is 1. The third kappa shape index (κ3) is 4.04. The van der Waals surface area contributed by atoms with Gasteiger partial charge in [0.05, 0.1) is 24.6 Å². The lowest BCUT2D eigenvalue weighted by Gasteiger charge is -2.11. The van der Waals surface area contributed by atoms with Crippen molar-refractivity contribution in [3.05, 3.63) is 27.8 Å². The van der Waals surface area contributed by atoms with Crippen LogP contribution in [-0.4, -0.2) is 31.1 Å². The lowest BCUT2D eigenvalue weighted by Crippen LogP contribution is -2.24. The molecule has 0 atom stereocenters. The number of nitrogens with one attached hydrogen (secondary N) is 1. The lowest BCUT2D eigenvalue weighted by molar-refractivity contribution is -0.385. The summed E-state index contributed by atoms with van der Waals surface area (Å²) in [5.74, 6) is 0.502. The quantitative estimate of drug-likeness (QED) is 0.489. The molecule has 1 N–H and O–H groups in total. The Kier molecular flexibility index (Phi) is 5.42. The van der Waals surface area contributed by atoms with Gasteiger partial charge in [-0.05, 0) is 0 Å². The smallest absolute Gasteiger partial charge is 0.387 e. The first kappa shape index (κ1) is 16.2. The fourth-order valence-electron chi connectivity index (χ4n) is 1.46.